The fourth-order valence-corrected chi connectivity index (χ4v) is 5.41. The van der Waals surface area contributed by atoms with E-state index in [1.807, 2.05) is 32.0 Å². The summed E-state index contributed by atoms with van der Waals surface area (Å²) in [5.74, 6) is -0.963. The second kappa shape index (κ2) is 10.9. The van der Waals surface area contributed by atoms with E-state index in [9.17, 15) is 27.7 Å². The molecule has 0 atom stereocenters. The standard InChI is InChI=1S/C31H24N6O6S/c1-16-6-7-17(2)25(12-16)36-37-29-27(44(41,42)43)15-22-21(30(29)40)9-11-24-28(22)33-31(32-24)18-4-3-5-19(13-18)34-35-23-10-8-20(38)14-26(23)39/h3-15,34,36-38H,1-2H3,(H,41,42,43). The van der Waals surface area contributed by atoms with Gasteiger partial charge in [0.15, 0.2) is 5.84 Å². The van der Waals surface area contributed by atoms with Gasteiger partial charge in [-0.3, -0.25) is 25.0 Å². The number of Topliss-reactive ketones (excluding diaryl/α,β-unsaturated/α-hetero) is 1. The Balaban J connectivity index is 1.35. The smallest absolute Gasteiger partial charge is 0.296 e. The number of fused-ring (bicyclic) bond motifs is 3. The monoisotopic (exact) mass is 608 g/mol. The van der Waals surface area contributed by atoms with E-state index in [4.69, 9.17) is 0 Å². The van der Waals surface area contributed by atoms with Crippen molar-refractivity contribution >= 4 is 56.4 Å². The number of hydrazine groups is 1. The SMILES string of the molecule is Cc1ccc(C)c(NNC2=C(S(=O)(=O)O)C=c3c(ccc4c3=NC(c3cccc(NN=C5C=CC(O)=CC5=O)c3)=N4)C2=O)c1. The van der Waals surface area contributed by atoms with Gasteiger partial charge in [-0.1, -0.05) is 24.3 Å². The minimum atomic E-state index is -4.83. The van der Waals surface area contributed by atoms with Crippen LogP contribution in [-0.4, -0.2) is 41.2 Å². The molecular formula is C31H24N6O6S. The van der Waals surface area contributed by atoms with Gasteiger partial charge in [0.05, 0.1) is 22.4 Å². The molecule has 44 heavy (non-hydrogen) atoms. The third-order valence-electron chi connectivity index (χ3n) is 7.00. The lowest BCUT2D eigenvalue weighted by molar-refractivity contribution is -0.109. The number of aliphatic imine (C=N–C) groups is 1. The second-order valence-electron chi connectivity index (χ2n) is 10.2. The van der Waals surface area contributed by atoms with Gasteiger partial charge in [0, 0.05) is 22.4 Å². The Morgan fingerprint density at radius 2 is 1.73 bits per heavy atom. The number of hydrogen-bond donors (Lipinski definition) is 5. The Bertz CT molecular complexity index is 2200. The van der Waals surface area contributed by atoms with Gasteiger partial charge < -0.3 is 10.5 Å². The van der Waals surface area contributed by atoms with Gasteiger partial charge in [-0.25, -0.2) is 9.98 Å². The molecule has 0 saturated carbocycles. The molecule has 0 spiro atoms. The van der Waals surface area contributed by atoms with Crippen LogP contribution in [0.5, 0.6) is 0 Å². The fourth-order valence-electron chi connectivity index (χ4n) is 4.74. The van der Waals surface area contributed by atoms with Crippen LogP contribution in [0, 0.1) is 13.8 Å². The molecule has 2 aliphatic carbocycles. The first-order valence-corrected chi connectivity index (χ1v) is 14.7. The molecule has 0 aromatic heterocycles. The van der Waals surface area contributed by atoms with Gasteiger partial charge in [0.1, 0.15) is 22.1 Å². The number of amidine groups is 1. The Morgan fingerprint density at radius 1 is 0.909 bits per heavy atom. The molecule has 0 radical (unpaired) electrons. The summed E-state index contributed by atoms with van der Waals surface area (Å²) in [5, 5.41) is 14.0. The molecule has 0 amide bonds. The predicted octanol–water partition coefficient (Wildman–Crippen LogP) is 3.06. The quantitative estimate of drug-likeness (QED) is 0.153. The van der Waals surface area contributed by atoms with Crippen molar-refractivity contribution in [3.05, 3.63) is 122 Å². The highest BCUT2D eigenvalue weighted by Gasteiger charge is 2.30. The number of nitrogens with zero attached hydrogens (tertiary/aromatic N) is 3. The lowest BCUT2D eigenvalue weighted by Gasteiger charge is -2.19. The number of carbonyl (C=O) groups is 2. The number of benzene rings is 3. The maximum Gasteiger partial charge on any atom is 0.296 e. The van der Waals surface area contributed by atoms with E-state index in [1.165, 1.54) is 24.3 Å². The molecule has 12 nitrogen and oxygen atoms in total. The number of aliphatic hydroxyl groups excluding tert-OH is 1. The van der Waals surface area contributed by atoms with Crippen molar-refractivity contribution in [1.82, 2.24) is 5.43 Å². The minimum absolute atomic E-state index is 0.108. The zero-order valence-electron chi connectivity index (χ0n) is 23.3. The van der Waals surface area contributed by atoms with Crippen molar-refractivity contribution in [3.8, 4) is 0 Å². The van der Waals surface area contributed by atoms with E-state index in [0.717, 1.165) is 17.2 Å². The molecule has 3 aromatic carbocycles. The highest BCUT2D eigenvalue weighted by Crippen LogP contribution is 2.23. The highest BCUT2D eigenvalue weighted by molar-refractivity contribution is 7.90. The zero-order chi connectivity index (χ0) is 31.2. The first-order chi connectivity index (χ1) is 21.0. The van der Waals surface area contributed by atoms with E-state index >= 15 is 0 Å². The number of carbonyl (C=O) groups excluding carboxylic acids is 2. The van der Waals surface area contributed by atoms with Gasteiger partial charge in [0.25, 0.3) is 10.1 Å². The van der Waals surface area contributed by atoms with Crippen molar-refractivity contribution in [2.75, 3.05) is 10.9 Å². The molecule has 0 bridgehead atoms. The van der Waals surface area contributed by atoms with Crippen LogP contribution in [0.3, 0.4) is 0 Å². The number of anilines is 2. The predicted molar refractivity (Wildman–Crippen MR) is 166 cm³/mol. The van der Waals surface area contributed by atoms with Crippen LogP contribution in [0.15, 0.2) is 104 Å². The zero-order valence-corrected chi connectivity index (χ0v) is 24.1. The first-order valence-electron chi connectivity index (χ1n) is 13.2. The van der Waals surface area contributed by atoms with Gasteiger partial charge in [-0.05, 0) is 73.5 Å². The first kappa shape index (κ1) is 28.5. The average molecular weight is 609 g/mol. The van der Waals surface area contributed by atoms with Gasteiger partial charge in [-0.2, -0.15) is 13.5 Å². The van der Waals surface area contributed by atoms with Crippen LogP contribution >= 0.6 is 0 Å². The molecular weight excluding hydrogens is 584 g/mol. The summed E-state index contributed by atoms with van der Waals surface area (Å²) >= 11 is 0. The van der Waals surface area contributed by atoms with Crippen LogP contribution < -0.4 is 26.9 Å². The molecule has 1 aliphatic heterocycles. The van der Waals surface area contributed by atoms with Gasteiger partial charge in [-0.15, -0.1) is 0 Å². The summed E-state index contributed by atoms with van der Waals surface area (Å²) in [6.07, 6.45) is 5.01. The number of nitrogens with one attached hydrogen (secondary N) is 3. The molecule has 6 rings (SSSR count). The largest absolute Gasteiger partial charge is 0.508 e. The third kappa shape index (κ3) is 5.44. The van der Waals surface area contributed by atoms with Crippen molar-refractivity contribution in [2.24, 2.45) is 15.1 Å². The maximum atomic E-state index is 13.6. The highest BCUT2D eigenvalue weighted by atomic mass is 32.2. The van der Waals surface area contributed by atoms with Crippen molar-refractivity contribution in [3.63, 3.8) is 0 Å². The lowest BCUT2D eigenvalue weighted by Crippen LogP contribution is -2.39. The third-order valence-corrected chi connectivity index (χ3v) is 7.87. The van der Waals surface area contributed by atoms with Crippen LogP contribution in [0.2, 0.25) is 0 Å². The number of aliphatic hydroxyl groups is 1. The van der Waals surface area contributed by atoms with E-state index < -0.39 is 26.6 Å². The molecule has 3 aliphatic rings. The summed E-state index contributed by atoms with van der Waals surface area (Å²) in [5.41, 5.74) is 12.3. The van der Waals surface area contributed by atoms with Crippen LogP contribution in [-0.2, 0) is 14.9 Å². The Hall–Kier alpha value is -5.66. The normalized spacial score (nSPS) is 16.5. The fraction of sp³-hybridized carbons (Fsp3) is 0.0645. The number of allylic oxidation sites excluding steroid dienone is 5. The van der Waals surface area contributed by atoms with Crippen molar-refractivity contribution in [1.29, 1.82) is 0 Å². The molecule has 0 fully saturated rings. The number of rotatable bonds is 7. The Kier molecular flexibility index (Phi) is 7.03. The van der Waals surface area contributed by atoms with E-state index in [0.29, 0.717) is 28.5 Å². The average Bonchev–Trinajstić information content (AvgIpc) is 3.42. The summed E-state index contributed by atoms with van der Waals surface area (Å²) in [6.45, 7) is 3.75. The number of hydrazone groups is 1. The molecule has 0 unspecified atom stereocenters. The van der Waals surface area contributed by atoms with Crippen molar-refractivity contribution < 1.29 is 27.7 Å². The summed E-state index contributed by atoms with van der Waals surface area (Å²) in [7, 11) is -4.83. The van der Waals surface area contributed by atoms with Crippen LogP contribution in [0.25, 0.3) is 6.08 Å². The second-order valence-corrected chi connectivity index (χ2v) is 11.5. The van der Waals surface area contributed by atoms with Crippen LogP contribution in [0.1, 0.15) is 27.0 Å². The number of aryl methyl sites for hydroxylation is 2. The summed E-state index contributed by atoms with van der Waals surface area (Å²) in [4.78, 5) is 34.2. The summed E-state index contributed by atoms with van der Waals surface area (Å²) in [6, 6.07) is 15.7. The topological polar surface area (TPSA) is 182 Å². The molecule has 13 heteroatoms. The van der Waals surface area contributed by atoms with Gasteiger partial charge in [0.2, 0.25) is 11.6 Å². The van der Waals surface area contributed by atoms with Gasteiger partial charge >= 0.3 is 0 Å². The van der Waals surface area contributed by atoms with E-state index in [-0.39, 0.29) is 33.3 Å². The van der Waals surface area contributed by atoms with E-state index in [1.54, 1.807) is 30.3 Å². The lowest BCUT2D eigenvalue weighted by atomic mass is 9.99. The number of hydrogen-bond acceptors (Lipinski definition) is 11. The molecule has 0 saturated heterocycles. The Morgan fingerprint density at radius 3 is 2.50 bits per heavy atom. The minimum Gasteiger partial charge on any atom is -0.508 e. The Labute approximate surface area is 251 Å². The molecule has 220 valence electrons. The van der Waals surface area contributed by atoms with Crippen molar-refractivity contribution in [2.45, 2.75) is 13.8 Å². The summed E-state index contributed by atoms with van der Waals surface area (Å²) < 4.78 is 35.0. The van der Waals surface area contributed by atoms with E-state index in [2.05, 4.69) is 31.4 Å². The molecule has 1 heterocycles. The number of ketones is 2. The molecule has 3 aromatic rings. The van der Waals surface area contributed by atoms with Crippen LogP contribution in [0.4, 0.5) is 17.1 Å². The maximum absolute atomic E-state index is 13.6. The molecule has 5 N–H and O–H groups in total.